The van der Waals surface area contributed by atoms with Crippen molar-refractivity contribution < 1.29 is 17.2 Å². The second kappa shape index (κ2) is 2.38. The Balaban J connectivity index is 2.70. The molecule has 0 atom stereocenters. The van der Waals surface area contributed by atoms with Gasteiger partial charge < -0.3 is 0 Å². The second-order valence-electron chi connectivity index (χ2n) is 2.82. The van der Waals surface area contributed by atoms with Crippen molar-refractivity contribution in [3.63, 3.8) is 0 Å². The van der Waals surface area contributed by atoms with Gasteiger partial charge >= 0.3 is 0 Å². The molecule has 0 saturated heterocycles. The van der Waals surface area contributed by atoms with Gasteiger partial charge in [-0.1, -0.05) is 0 Å². The molecule has 0 aromatic heterocycles. The number of hydrogen-bond donors (Lipinski definition) is 1. The molecule has 66 valence electrons. The molecule has 0 heterocycles. The molecule has 0 aliphatic heterocycles. The van der Waals surface area contributed by atoms with Crippen molar-refractivity contribution in [2.45, 2.75) is 30.4 Å². The normalized spacial score (nSPS) is 22.2. The standard InChI is InChI=1S/C5H9F2NO2S/c6-4(7)3-5(1-2-5)11(8,9)10/h4H,1-3H2,(H2,8,9,10). The molecule has 1 aliphatic rings. The van der Waals surface area contributed by atoms with E-state index in [0.717, 1.165) is 0 Å². The summed E-state index contributed by atoms with van der Waals surface area (Å²) in [5, 5.41) is 4.76. The van der Waals surface area contributed by atoms with Crippen LogP contribution in [-0.2, 0) is 10.0 Å². The summed E-state index contributed by atoms with van der Waals surface area (Å²) < 4.78 is 43.7. The molecule has 11 heavy (non-hydrogen) atoms. The highest BCUT2D eigenvalue weighted by molar-refractivity contribution is 7.90. The van der Waals surface area contributed by atoms with E-state index in [1.807, 2.05) is 0 Å². The van der Waals surface area contributed by atoms with E-state index >= 15 is 0 Å². The lowest BCUT2D eigenvalue weighted by Crippen LogP contribution is -2.32. The minimum atomic E-state index is -3.77. The van der Waals surface area contributed by atoms with E-state index < -0.39 is 27.6 Å². The molecule has 3 nitrogen and oxygen atoms in total. The Bertz CT molecular complexity index is 245. The molecule has 2 N–H and O–H groups in total. The number of sulfonamides is 1. The number of halogens is 2. The number of rotatable bonds is 3. The lowest BCUT2D eigenvalue weighted by Gasteiger charge is -2.10. The van der Waals surface area contributed by atoms with Gasteiger partial charge in [0.25, 0.3) is 0 Å². The SMILES string of the molecule is NS(=O)(=O)C1(CC(F)F)CC1. The highest BCUT2D eigenvalue weighted by atomic mass is 32.2. The Morgan fingerprint density at radius 1 is 1.45 bits per heavy atom. The van der Waals surface area contributed by atoms with Gasteiger partial charge in [-0.05, 0) is 12.8 Å². The molecule has 0 aromatic carbocycles. The van der Waals surface area contributed by atoms with Crippen molar-refractivity contribution in [3.8, 4) is 0 Å². The Hall–Kier alpha value is -0.230. The van der Waals surface area contributed by atoms with Crippen LogP contribution < -0.4 is 5.14 Å². The van der Waals surface area contributed by atoms with Crippen LogP contribution in [0.5, 0.6) is 0 Å². The summed E-state index contributed by atoms with van der Waals surface area (Å²) in [7, 11) is -3.77. The average Bonchev–Trinajstić information content (AvgIpc) is 2.42. The van der Waals surface area contributed by atoms with Crippen LogP contribution in [0.1, 0.15) is 19.3 Å². The van der Waals surface area contributed by atoms with Crippen molar-refractivity contribution in [1.29, 1.82) is 0 Å². The largest absolute Gasteiger partial charge is 0.240 e. The maximum absolute atomic E-state index is 11.8. The van der Waals surface area contributed by atoms with Gasteiger partial charge in [0, 0.05) is 6.42 Å². The Kier molecular flexibility index (Phi) is 1.92. The topological polar surface area (TPSA) is 60.2 Å². The van der Waals surface area contributed by atoms with Gasteiger partial charge in [0.15, 0.2) is 0 Å². The first-order valence-electron chi connectivity index (χ1n) is 3.18. The van der Waals surface area contributed by atoms with E-state index in [1.54, 1.807) is 0 Å². The van der Waals surface area contributed by atoms with E-state index in [9.17, 15) is 17.2 Å². The van der Waals surface area contributed by atoms with E-state index in [-0.39, 0.29) is 12.8 Å². The monoisotopic (exact) mass is 185 g/mol. The molecular formula is C5H9F2NO2S. The molecule has 6 heteroatoms. The Morgan fingerprint density at radius 2 is 1.91 bits per heavy atom. The third-order valence-corrected chi connectivity index (χ3v) is 3.72. The summed E-state index contributed by atoms with van der Waals surface area (Å²) in [6, 6.07) is 0. The molecule has 0 radical (unpaired) electrons. The molecule has 0 spiro atoms. The maximum Gasteiger partial charge on any atom is 0.240 e. The van der Waals surface area contributed by atoms with E-state index in [2.05, 4.69) is 0 Å². The average molecular weight is 185 g/mol. The minimum absolute atomic E-state index is 0.274. The molecule has 1 aliphatic carbocycles. The molecular weight excluding hydrogens is 176 g/mol. The quantitative estimate of drug-likeness (QED) is 0.694. The highest BCUT2D eigenvalue weighted by Crippen LogP contribution is 2.46. The van der Waals surface area contributed by atoms with E-state index in [1.165, 1.54) is 0 Å². The van der Waals surface area contributed by atoms with Crippen LogP contribution in [0.25, 0.3) is 0 Å². The first-order chi connectivity index (χ1) is 4.87. The molecule has 1 saturated carbocycles. The third kappa shape index (κ3) is 1.67. The van der Waals surface area contributed by atoms with Crippen molar-refractivity contribution >= 4 is 10.0 Å². The van der Waals surface area contributed by atoms with Crippen LogP contribution in [0.4, 0.5) is 8.78 Å². The lowest BCUT2D eigenvalue weighted by atomic mass is 10.3. The summed E-state index contributed by atoms with van der Waals surface area (Å²) in [4.78, 5) is 0. The van der Waals surface area contributed by atoms with Crippen molar-refractivity contribution in [2.75, 3.05) is 0 Å². The fraction of sp³-hybridized carbons (Fsp3) is 1.00. The van der Waals surface area contributed by atoms with Gasteiger partial charge in [-0.15, -0.1) is 0 Å². The van der Waals surface area contributed by atoms with Gasteiger partial charge in [0.2, 0.25) is 16.4 Å². The predicted octanol–water partition coefficient (Wildman–Crippen LogP) is 0.463. The van der Waals surface area contributed by atoms with Gasteiger partial charge in [-0.25, -0.2) is 22.3 Å². The second-order valence-corrected chi connectivity index (χ2v) is 4.78. The van der Waals surface area contributed by atoms with Gasteiger partial charge in [-0.3, -0.25) is 0 Å². The summed E-state index contributed by atoms with van der Waals surface area (Å²) in [6.07, 6.45) is -2.66. The van der Waals surface area contributed by atoms with Gasteiger partial charge in [0.05, 0.1) is 4.75 Å². The van der Waals surface area contributed by atoms with Gasteiger partial charge in [-0.2, -0.15) is 0 Å². The van der Waals surface area contributed by atoms with Crippen molar-refractivity contribution in [3.05, 3.63) is 0 Å². The van der Waals surface area contributed by atoms with E-state index in [4.69, 9.17) is 5.14 Å². The maximum atomic E-state index is 11.8. The summed E-state index contributed by atoms with van der Waals surface area (Å²) in [6.45, 7) is 0. The first kappa shape index (κ1) is 8.86. The molecule has 0 bridgehead atoms. The summed E-state index contributed by atoms with van der Waals surface area (Å²) in [5.74, 6) is 0. The predicted molar refractivity (Wildman–Crippen MR) is 35.7 cm³/mol. The zero-order chi connectivity index (χ0) is 8.70. The van der Waals surface area contributed by atoms with E-state index in [0.29, 0.717) is 0 Å². The van der Waals surface area contributed by atoms with Crippen molar-refractivity contribution in [1.82, 2.24) is 0 Å². The fourth-order valence-electron chi connectivity index (χ4n) is 1.03. The van der Waals surface area contributed by atoms with Gasteiger partial charge in [0.1, 0.15) is 0 Å². The highest BCUT2D eigenvalue weighted by Gasteiger charge is 2.54. The zero-order valence-electron chi connectivity index (χ0n) is 5.76. The minimum Gasteiger partial charge on any atom is -0.228 e. The Morgan fingerprint density at radius 3 is 2.00 bits per heavy atom. The number of hydrogen-bond acceptors (Lipinski definition) is 2. The lowest BCUT2D eigenvalue weighted by molar-refractivity contribution is 0.133. The third-order valence-electron chi connectivity index (χ3n) is 1.94. The zero-order valence-corrected chi connectivity index (χ0v) is 6.57. The number of nitrogens with two attached hydrogens (primary N) is 1. The van der Waals surface area contributed by atoms with Crippen LogP contribution in [0.3, 0.4) is 0 Å². The van der Waals surface area contributed by atoms with Crippen molar-refractivity contribution in [2.24, 2.45) is 5.14 Å². The smallest absolute Gasteiger partial charge is 0.228 e. The molecule has 1 rings (SSSR count). The molecule has 0 amide bonds. The summed E-state index contributed by atoms with van der Waals surface area (Å²) >= 11 is 0. The number of alkyl halides is 2. The fourth-order valence-corrected chi connectivity index (χ4v) is 2.05. The van der Waals surface area contributed by atoms with Crippen LogP contribution in [0.2, 0.25) is 0 Å². The summed E-state index contributed by atoms with van der Waals surface area (Å²) in [5.41, 5.74) is 0. The van der Waals surface area contributed by atoms with Crippen LogP contribution in [-0.4, -0.2) is 19.6 Å². The first-order valence-corrected chi connectivity index (χ1v) is 4.72. The number of primary sulfonamides is 1. The Labute approximate surface area is 63.6 Å². The van der Waals surface area contributed by atoms with Crippen LogP contribution in [0, 0.1) is 0 Å². The molecule has 0 aromatic rings. The van der Waals surface area contributed by atoms with Crippen LogP contribution in [0.15, 0.2) is 0 Å². The molecule has 1 fully saturated rings. The van der Waals surface area contributed by atoms with Crippen LogP contribution >= 0.6 is 0 Å². The molecule has 0 unspecified atom stereocenters.